The molecule has 0 unspecified atom stereocenters. The van der Waals surface area contributed by atoms with Gasteiger partial charge in [0.1, 0.15) is 5.82 Å². The highest BCUT2D eigenvalue weighted by Gasteiger charge is 2.38. The van der Waals surface area contributed by atoms with Crippen molar-refractivity contribution < 1.29 is 36.5 Å². The van der Waals surface area contributed by atoms with E-state index in [0.717, 1.165) is 13.2 Å². The maximum absolute atomic E-state index is 14.5. The Labute approximate surface area is 166 Å². The summed E-state index contributed by atoms with van der Waals surface area (Å²) in [5, 5.41) is 3.85. The van der Waals surface area contributed by atoms with Gasteiger partial charge in [-0.15, -0.1) is 0 Å². The molecular weight excluding hydrogens is 410 g/mol. The van der Waals surface area contributed by atoms with Crippen LogP contribution in [0.1, 0.15) is 21.8 Å². The Morgan fingerprint density at radius 3 is 2.40 bits per heavy atom. The Balaban J connectivity index is 1.78. The number of Topliss-reactive ketones (excluding diaryl/α,β-unsaturated/α-hetero) is 1. The average molecular weight is 423 g/mol. The minimum Gasteiger partial charge on any atom is -0.329 e. The molecule has 0 spiro atoms. The van der Waals surface area contributed by atoms with E-state index in [1.165, 1.54) is 24.3 Å². The summed E-state index contributed by atoms with van der Waals surface area (Å²) in [5.74, 6) is -4.74. The highest BCUT2D eigenvalue weighted by atomic mass is 19.4. The van der Waals surface area contributed by atoms with Crippen molar-refractivity contribution in [3.8, 4) is 11.4 Å². The van der Waals surface area contributed by atoms with Gasteiger partial charge in [0.25, 0.3) is 5.78 Å². The molecule has 3 rings (SSSR count). The second-order valence-corrected chi connectivity index (χ2v) is 5.95. The maximum Gasteiger partial charge on any atom is 0.471 e. The number of hydroxylamine groups is 2. The van der Waals surface area contributed by atoms with E-state index in [0.29, 0.717) is 5.06 Å². The number of nitrogens with zero attached hydrogens (tertiary/aromatic N) is 3. The van der Waals surface area contributed by atoms with Gasteiger partial charge in [0.15, 0.2) is 0 Å². The van der Waals surface area contributed by atoms with E-state index in [1.807, 2.05) is 0 Å². The lowest BCUT2D eigenvalue weighted by atomic mass is 10.1. The molecule has 11 heteroatoms. The van der Waals surface area contributed by atoms with Crippen LogP contribution in [0.3, 0.4) is 0 Å². The van der Waals surface area contributed by atoms with Crippen molar-refractivity contribution in [3.63, 3.8) is 0 Å². The van der Waals surface area contributed by atoms with E-state index >= 15 is 0 Å². The number of alkyl halides is 3. The minimum atomic E-state index is -4.83. The monoisotopic (exact) mass is 423 g/mol. The predicted octanol–water partition coefficient (Wildman–Crippen LogP) is 3.67. The molecule has 0 fully saturated rings. The number of halogens is 4. The summed E-state index contributed by atoms with van der Waals surface area (Å²) >= 11 is 0. The van der Waals surface area contributed by atoms with Crippen molar-refractivity contribution in [2.24, 2.45) is 0 Å². The fraction of sp³-hybridized carbons (Fsp3) is 0.158. The molecule has 0 aliphatic rings. The third-order valence-corrected chi connectivity index (χ3v) is 3.97. The molecule has 0 saturated heterocycles. The van der Waals surface area contributed by atoms with Crippen LogP contribution in [0.4, 0.5) is 17.6 Å². The van der Waals surface area contributed by atoms with Gasteiger partial charge in [0, 0.05) is 16.7 Å². The van der Waals surface area contributed by atoms with Crippen LogP contribution in [-0.2, 0) is 22.4 Å². The molecule has 0 saturated carbocycles. The first-order valence-corrected chi connectivity index (χ1v) is 8.35. The van der Waals surface area contributed by atoms with E-state index in [4.69, 9.17) is 4.84 Å². The Morgan fingerprint density at radius 1 is 1.13 bits per heavy atom. The van der Waals surface area contributed by atoms with Gasteiger partial charge in [-0.1, -0.05) is 47.6 Å². The van der Waals surface area contributed by atoms with Crippen molar-refractivity contribution in [1.29, 1.82) is 0 Å². The van der Waals surface area contributed by atoms with Gasteiger partial charge < -0.3 is 4.52 Å². The molecular formula is C19H13F4N3O4. The summed E-state index contributed by atoms with van der Waals surface area (Å²) in [7, 11) is 1.14. The van der Waals surface area contributed by atoms with E-state index in [2.05, 4.69) is 14.7 Å². The second-order valence-electron chi connectivity index (χ2n) is 5.95. The Morgan fingerprint density at radius 2 is 1.83 bits per heavy atom. The highest BCUT2D eigenvalue weighted by Crippen LogP contribution is 2.29. The molecule has 1 aromatic heterocycles. The van der Waals surface area contributed by atoms with Crippen LogP contribution in [-0.4, -0.2) is 34.0 Å². The Kier molecular flexibility index (Phi) is 5.92. The summed E-state index contributed by atoms with van der Waals surface area (Å²) in [6, 6.07) is 11.1. The first-order chi connectivity index (χ1) is 14.2. The first kappa shape index (κ1) is 21.1. The van der Waals surface area contributed by atoms with Crippen LogP contribution in [0.2, 0.25) is 0 Å². The van der Waals surface area contributed by atoms with Crippen molar-refractivity contribution in [1.82, 2.24) is 15.2 Å². The Hall–Kier alpha value is -3.60. The average Bonchev–Trinajstić information content (AvgIpc) is 3.23. The van der Waals surface area contributed by atoms with E-state index in [-0.39, 0.29) is 16.7 Å². The number of hydrogen-bond acceptors (Lipinski definition) is 6. The lowest BCUT2D eigenvalue weighted by Gasteiger charge is -2.19. The molecule has 7 nitrogen and oxygen atoms in total. The zero-order valence-corrected chi connectivity index (χ0v) is 15.3. The van der Waals surface area contributed by atoms with E-state index in [9.17, 15) is 27.2 Å². The molecule has 0 N–H and O–H groups in total. The van der Waals surface area contributed by atoms with Crippen LogP contribution in [0.5, 0.6) is 0 Å². The van der Waals surface area contributed by atoms with Gasteiger partial charge in [0.2, 0.25) is 5.82 Å². The fourth-order valence-electron chi connectivity index (χ4n) is 2.47. The van der Waals surface area contributed by atoms with Crippen molar-refractivity contribution in [3.05, 3.63) is 71.4 Å². The standard InChI is InChI=1S/C19H13F4N3O4/c1-29-26(17(28)15(27)11-5-3-2-4-6-11)10-13-8-7-12(9-14(13)20)16-24-18(30-25-16)19(21,22)23/h2-9H,10H2,1H3. The zero-order chi connectivity index (χ0) is 21.9. The van der Waals surface area contributed by atoms with Crippen molar-refractivity contribution in [2.45, 2.75) is 12.7 Å². The molecule has 30 heavy (non-hydrogen) atoms. The molecule has 3 aromatic rings. The molecule has 0 aliphatic heterocycles. The smallest absolute Gasteiger partial charge is 0.329 e. The topological polar surface area (TPSA) is 85.5 Å². The van der Waals surface area contributed by atoms with Gasteiger partial charge in [-0.25, -0.2) is 9.45 Å². The predicted molar refractivity (Wildman–Crippen MR) is 93.0 cm³/mol. The summed E-state index contributed by atoms with van der Waals surface area (Å²) in [6.07, 6.45) is -4.83. The molecule has 0 radical (unpaired) electrons. The molecule has 0 bridgehead atoms. The number of aromatic nitrogens is 2. The third-order valence-electron chi connectivity index (χ3n) is 3.97. The van der Waals surface area contributed by atoms with Crippen LogP contribution in [0, 0.1) is 5.82 Å². The van der Waals surface area contributed by atoms with Crippen LogP contribution in [0.15, 0.2) is 53.1 Å². The molecule has 156 valence electrons. The largest absolute Gasteiger partial charge is 0.471 e. The van der Waals surface area contributed by atoms with Gasteiger partial charge in [0.05, 0.1) is 13.7 Å². The highest BCUT2D eigenvalue weighted by molar-refractivity contribution is 6.42. The number of amides is 1. The molecule has 1 amide bonds. The molecule has 0 aliphatic carbocycles. The van der Waals surface area contributed by atoms with E-state index in [1.54, 1.807) is 18.2 Å². The zero-order valence-electron chi connectivity index (χ0n) is 15.3. The van der Waals surface area contributed by atoms with Crippen LogP contribution in [0.25, 0.3) is 11.4 Å². The van der Waals surface area contributed by atoms with Gasteiger partial charge in [-0.3, -0.25) is 14.4 Å². The molecule has 2 aromatic carbocycles. The number of benzene rings is 2. The van der Waals surface area contributed by atoms with Gasteiger partial charge in [-0.2, -0.15) is 18.2 Å². The summed E-state index contributed by atoms with van der Waals surface area (Å²) in [6.45, 7) is -0.417. The lowest BCUT2D eigenvalue weighted by molar-refractivity contribution is -0.173. The fourth-order valence-corrected chi connectivity index (χ4v) is 2.47. The number of carbonyl (C=O) groups excluding carboxylic acids is 2. The van der Waals surface area contributed by atoms with Crippen LogP contribution < -0.4 is 0 Å². The summed E-state index contributed by atoms with van der Waals surface area (Å²) in [4.78, 5) is 32.7. The van der Waals surface area contributed by atoms with Crippen LogP contribution >= 0.6 is 0 Å². The number of carbonyl (C=O) groups is 2. The Bertz CT molecular complexity index is 1070. The maximum atomic E-state index is 14.5. The first-order valence-electron chi connectivity index (χ1n) is 8.35. The van der Waals surface area contributed by atoms with E-state index < -0.39 is 41.9 Å². The lowest BCUT2D eigenvalue weighted by Crippen LogP contribution is -2.35. The summed E-state index contributed by atoms with van der Waals surface area (Å²) < 4.78 is 56.3. The van der Waals surface area contributed by atoms with Crippen molar-refractivity contribution in [2.75, 3.05) is 7.11 Å². The quantitative estimate of drug-likeness (QED) is 0.260. The van der Waals surface area contributed by atoms with Crippen molar-refractivity contribution >= 4 is 11.7 Å². The number of hydrogen-bond donors (Lipinski definition) is 0. The third kappa shape index (κ3) is 4.51. The minimum absolute atomic E-state index is 0.0469. The number of rotatable bonds is 6. The summed E-state index contributed by atoms with van der Waals surface area (Å²) in [5.41, 5.74) is 0.0263. The number of ketones is 1. The normalized spacial score (nSPS) is 11.4. The molecule has 0 atom stereocenters. The molecule has 1 heterocycles. The van der Waals surface area contributed by atoms with Gasteiger partial charge >= 0.3 is 18.0 Å². The SMILES string of the molecule is CON(Cc1ccc(-c2noc(C(F)(F)F)n2)cc1F)C(=O)C(=O)c1ccccc1. The second kappa shape index (κ2) is 8.41. The van der Waals surface area contributed by atoms with Gasteiger partial charge in [-0.05, 0) is 6.07 Å².